The third-order valence-corrected chi connectivity index (χ3v) is 2.42. The number of ether oxygens (including phenoxy) is 3. The first-order valence-corrected chi connectivity index (χ1v) is 4.57. The van der Waals surface area contributed by atoms with Crippen molar-refractivity contribution in [3.05, 3.63) is 0 Å². The van der Waals surface area contributed by atoms with Gasteiger partial charge in [0.1, 0.15) is 24.4 Å². The van der Waals surface area contributed by atoms with Crippen LogP contribution >= 0.6 is 0 Å². The van der Waals surface area contributed by atoms with Gasteiger partial charge in [0, 0.05) is 0 Å². The van der Waals surface area contributed by atoms with Crippen LogP contribution in [0, 0.1) is 0 Å². The molecule has 0 radical (unpaired) electrons. The molecule has 2 heterocycles. The predicted octanol–water partition coefficient (Wildman–Crippen LogP) is -1.81. The Kier molecular flexibility index (Phi) is 2.74. The zero-order valence-corrected chi connectivity index (χ0v) is 7.74. The van der Waals surface area contributed by atoms with Gasteiger partial charge in [0.05, 0.1) is 6.61 Å². The summed E-state index contributed by atoms with van der Waals surface area (Å²) >= 11 is 0. The van der Waals surface area contributed by atoms with Gasteiger partial charge in [-0.3, -0.25) is 0 Å². The fourth-order valence-electron chi connectivity index (χ4n) is 1.42. The zero-order valence-electron chi connectivity index (χ0n) is 7.74. The molecule has 6 heteroatoms. The van der Waals surface area contributed by atoms with E-state index >= 15 is 0 Å². The molecular formula is C8H14O6. The molecular weight excluding hydrogens is 192 g/mol. The maximum absolute atomic E-state index is 9.46. The van der Waals surface area contributed by atoms with Crippen molar-refractivity contribution in [1.29, 1.82) is 0 Å². The molecule has 0 bridgehead atoms. The van der Waals surface area contributed by atoms with Crippen LogP contribution in [0.15, 0.2) is 0 Å². The first kappa shape index (κ1) is 10.3. The number of aliphatic hydroxyl groups is 3. The van der Waals surface area contributed by atoms with Gasteiger partial charge in [-0.1, -0.05) is 0 Å². The molecule has 2 saturated heterocycles. The monoisotopic (exact) mass is 206 g/mol. The topological polar surface area (TPSA) is 91.7 Å². The lowest BCUT2D eigenvalue weighted by atomic mass is 10.1. The van der Waals surface area contributed by atoms with E-state index < -0.39 is 24.6 Å². The first-order chi connectivity index (χ1) is 6.63. The van der Waals surface area contributed by atoms with Crippen molar-refractivity contribution in [1.82, 2.24) is 0 Å². The number of rotatable bonds is 3. The summed E-state index contributed by atoms with van der Waals surface area (Å²) in [6.45, 7) is 1.48. The Morgan fingerprint density at radius 2 is 1.79 bits per heavy atom. The highest BCUT2D eigenvalue weighted by Crippen LogP contribution is 2.29. The van der Waals surface area contributed by atoms with Crippen LogP contribution in [0.2, 0.25) is 0 Å². The third kappa shape index (κ3) is 1.77. The Labute approximate surface area is 81.0 Å². The van der Waals surface area contributed by atoms with E-state index in [1.807, 2.05) is 6.92 Å². The number of hydrogen-bond donors (Lipinski definition) is 3. The Bertz CT molecular complexity index is 208. The maximum atomic E-state index is 9.46. The minimum absolute atomic E-state index is 0.00359. The lowest BCUT2D eigenvalue weighted by Gasteiger charge is -2.13. The number of hydrogen-bond acceptors (Lipinski definition) is 6. The van der Waals surface area contributed by atoms with Crippen LogP contribution in [0.3, 0.4) is 0 Å². The van der Waals surface area contributed by atoms with Gasteiger partial charge < -0.3 is 29.5 Å². The van der Waals surface area contributed by atoms with Crippen molar-refractivity contribution in [2.45, 2.75) is 43.9 Å². The average molecular weight is 206 g/mol. The average Bonchev–Trinajstić information content (AvgIpc) is 2.79. The van der Waals surface area contributed by atoms with E-state index in [0.717, 1.165) is 0 Å². The van der Waals surface area contributed by atoms with Gasteiger partial charge >= 0.3 is 0 Å². The van der Waals surface area contributed by atoms with Gasteiger partial charge in [-0.2, -0.15) is 0 Å². The van der Waals surface area contributed by atoms with Gasteiger partial charge in [0.25, 0.3) is 0 Å². The summed E-state index contributed by atoms with van der Waals surface area (Å²) < 4.78 is 15.2. The molecule has 0 aromatic rings. The van der Waals surface area contributed by atoms with E-state index in [-0.39, 0.29) is 19.0 Å². The number of epoxide rings is 1. The van der Waals surface area contributed by atoms with E-state index in [2.05, 4.69) is 0 Å². The molecule has 2 rings (SSSR count). The molecule has 0 aliphatic carbocycles. The van der Waals surface area contributed by atoms with Crippen molar-refractivity contribution in [2.75, 3.05) is 6.61 Å². The normalized spacial score (nSPS) is 52.3. The zero-order chi connectivity index (χ0) is 10.3. The summed E-state index contributed by atoms with van der Waals surface area (Å²) in [7, 11) is 0. The highest BCUT2D eigenvalue weighted by molar-refractivity contribution is 4.87. The lowest BCUT2D eigenvalue weighted by molar-refractivity contribution is -0.191. The SMILES string of the molecule is CC1OC1O[C@@H]1O[C@H](CO)[C@H](O)[C@H]1O. The molecule has 0 aromatic heterocycles. The standard InChI is InChI=1S/C8H14O6/c1-3-7(12-3)14-8-6(11)5(10)4(2-9)13-8/h3-11H,2H2,1H3/t3?,4-,5+,6-,7?,8+/m1/s1. The van der Waals surface area contributed by atoms with Crippen LogP contribution in [-0.4, -0.2) is 58.9 Å². The van der Waals surface area contributed by atoms with Gasteiger partial charge in [0.2, 0.25) is 0 Å². The van der Waals surface area contributed by atoms with Crippen LogP contribution in [0.1, 0.15) is 6.92 Å². The van der Waals surface area contributed by atoms with Crippen LogP contribution < -0.4 is 0 Å². The smallest absolute Gasteiger partial charge is 0.189 e. The molecule has 2 aliphatic heterocycles. The lowest BCUT2D eigenvalue weighted by Crippen LogP contribution is -2.35. The summed E-state index contributed by atoms with van der Waals surface area (Å²) in [4.78, 5) is 0. The Hall–Kier alpha value is -0.240. The number of aliphatic hydroxyl groups excluding tert-OH is 3. The maximum Gasteiger partial charge on any atom is 0.189 e. The van der Waals surface area contributed by atoms with E-state index in [0.29, 0.717) is 0 Å². The molecule has 0 saturated carbocycles. The molecule has 0 spiro atoms. The summed E-state index contributed by atoms with van der Waals surface area (Å²) in [5.41, 5.74) is 0. The van der Waals surface area contributed by atoms with E-state index in [9.17, 15) is 10.2 Å². The van der Waals surface area contributed by atoms with Crippen molar-refractivity contribution < 1.29 is 29.5 Å². The molecule has 0 aromatic carbocycles. The molecule has 2 fully saturated rings. The van der Waals surface area contributed by atoms with Crippen LogP contribution in [0.25, 0.3) is 0 Å². The second-order valence-corrected chi connectivity index (χ2v) is 3.55. The van der Waals surface area contributed by atoms with Crippen LogP contribution in [-0.2, 0) is 14.2 Å². The van der Waals surface area contributed by atoms with Gasteiger partial charge in [-0.05, 0) is 6.92 Å². The van der Waals surface area contributed by atoms with Crippen LogP contribution in [0.4, 0.5) is 0 Å². The molecule has 6 nitrogen and oxygen atoms in total. The Morgan fingerprint density at radius 1 is 1.14 bits per heavy atom. The van der Waals surface area contributed by atoms with Crippen molar-refractivity contribution >= 4 is 0 Å². The van der Waals surface area contributed by atoms with E-state index in [1.165, 1.54) is 0 Å². The highest BCUT2D eigenvalue weighted by Gasteiger charge is 2.47. The molecule has 3 N–H and O–H groups in total. The second-order valence-electron chi connectivity index (χ2n) is 3.55. The van der Waals surface area contributed by atoms with Gasteiger partial charge in [-0.15, -0.1) is 0 Å². The minimum atomic E-state index is -1.14. The van der Waals surface area contributed by atoms with Crippen molar-refractivity contribution in [3.8, 4) is 0 Å². The highest BCUT2D eigenvalue weighted by atomic mass is 16.8. The summed E-state index contributed by atoms with van der Waals surface area (Å²) in [6, 6.07) is 0. The molecule has 14 heavy (non-hydrogen) atoms. The second kappa shape index (κ2) is 3.73. The summed E-state index contributed by atoms with van der Waals surface area (Å²) in [6.07, 6.45) is -4.33. The molecule has 0 amide bonds. The largest absolute Gasteiger partial charge is 0.394 e. The van der Waals surface area contributed by atoms with Crippen molar-refractivity contribution in [2.24, 2.45) is 0 Å². The first-order valence-electron chi connectivity index (χ1n) is 4.57. The fraction of sp³-hybridized carbons (Fsp3) is 1.00. The molecule has 82 valence electrons. The van der Waals surface area contributed by atoms with Crippen molar-refractivity contribution in [3.63, 3.8) is 0 Å². The Morgan fingerprint density at radius 3 is 2.21 bits per heavy atom. The summed E-state index contributed by atoms with van der Waals surface area (Å²) in [5, 5.41) is 27.6. The molecule has 6 atom stereocenters. The Balaban J connectivity index is 1.87. The van der Waals surface area contributed by atoms with E-state index in [1.54, 1.807) is 0 Å². The molecule has 2 unspecified atom stereocenters. The quantitative estimate of drug-likeness (QED) is 0.471. The third-order valence-electron chi connectivity index (χ3n) is 2.42. The minimum Gasteiger partial charge on any atom is -0.394 e. The van der Waals surface area contributed by atoms with Gasteiger partial charge in [0.15, 0.2) is 12.6 Å². The molecule has 2 aliphatic rings. The van der Waals surface area contributed by atoms with Crippen LogP contribution in [0.5, 0.6) is 0 Å². The predicted molar refractivity (Wildman–Crippen MR) is 43.2 cm³/mol. The van der Waals surface area contributed by atoms with Gasteiger partial charge in [-0.25, -0.2) is 0 Å². The summed E-state index contributed by atoms with van der Waals surface area (Å²) in [5.74, 6) is 0. The fourth-order valence-corrected chi connectivity index (χ4v) is 1.42. The van der Waals surface area contributed by atoms with E-state index in [4.69, 9.17) is 19.3 Å².